The van der Waals surface area contributed by atoms with Crippen molar-refractivity contribution < 1.29 is 65.4 Å². The molecule has 3 aromatic heterocycles. The first-order chi connectivity index (χ1) is 20.4. The number of nitrogen functional groups attached to an aromatic ring is 1. The Morgan fingerprint density at radius 2 is 1.86 bits per heavy atom. The third-order valence-corrected chi connectivity index (χ3v) is 10.3. The Bertz CT molecular complexity index is 1770. The first-order valence-electron chi connectivity index (χ1n) is 12.2. The lowest BCUT2D eigenvalue weighted by Crippen LogP contribution is -2.37. The molecule has 2 aliphatic rings. The van der Waals surface area contributed by atoms with Gasteiger partial charge >= 0.3 is 23.5 Å². The van der Waals surface area contributed by atoms with Gasteiger partial charge in [0.15, 0.2) is 11.9 Å². The first kappa shape index (κ1) is 32.9. The van der Waals surface area contributed by atoms with Gasteiger partial charge in [-0.15, -0.1) is 0 Å². The number of hydrogen-bond donors (Lipinski definition) is 7. The summed E-state index contributed by atoms with van der Waals surface area (Å²) in [6.45, 7) is 0.997. The number of aryl methyl sites for hydroxylation is 2. The van der Waals surface area contributed by atoms with E-state index in [4.69, 9.17) is 46.5 Å². The number of rotatable bonds is 11. The number of ether oxygens (including phenoxy) is 3. The molecule has 0 aliphatic carbocycles. The molecule has 5 heterocycles. The molecule has 2 saturated heterocycles. The van der Waals surface area contributed by atoms with Gasteiger partial charge < -0.3 is 49.8 Å². The van der Waals surface area contributed by atoms with Gasteiger partial charge in [0, 0.05) is 12.7 Å². The van der Waals surface area contributed by atoms with E-state index < -0.39 is 66.8 Å². The molecule has 0 saturated carbocycles. The molecule has 8 N–H and O–H groups in total. The molecule has 1 amide bonds. The molecule has 44 heavy (non-hydrogen) atoms. The van der Waals surface area contributed by atoms with Crippen molar-refractivity contribution in [2.24, 2.45) is 7.05 Å². The molecule has 2 fully saturated rings. The Balaban J connectivity index is 1.35. The number of anilines is 1. The average Bonchev–Trinajstić information content (AvgIpc) is 3.63. The largest absolute Gasteiger partial charge is 0.490 e. The molecule has 7 atom stereocenters. The van der Waals surface area contributed by atoms with Crippen LogP contribution in [0.2, 0.25) is 0 Å². The number of amides is 1. The van der Waals surface area contributed by atoms with Gasteiger partial charge in [-0.3, -0.25) is 18.6 Å². The second-order valence-electron chi connectivity index (χ2n) is 9.38. The van der Waals surface area contributed by atoms with Crippen molar-refractivity contribution in [3.63, 3.8) is 0 Å². The van der Waals surface area contributed by atoms with E-state index in [-0.39, 0.29) is 28.3 Å². The fourth-order valence-electron chi connectivity index (χ4n) is 4.40. The highest BCUT2D eigenvalue weighted by Gasteiger charge is 2.56. The Hall–Kier alpha value is -2.46. The number of aromatic amines is 1. The molecule has 0 bridgehead atoms. The van der Waals surface area contributed by atoms with Crippen LogP contribution in [-0.2, 0) is 59.4 Å². The highest BCUT2D eigenvalue weighted by atomic mass is 32.1. The second kappa shape index (κ2) is 12.0. The maximum absolute atomic E-state index is 13.0. The molecular weight excluding hydrogens is 677 g/mol. The zero-order valence-electron chi connectivity index (χ0n) is 22.4. The third-order valence-electron chi connectivity index (χ3n) is 6.21. The van der Waals surface area contributed by atoms with Crippen molar-refractivity contribution in [3.05, 3.63) is 28.4 Å². The highest BCUT2D eigenvalue weighted by molar-refractivity contribution is 7.71. The van der Waals surface area contributed by atoms with Crippen molar-refractivity contribution in [3.8, 4) is 0 Å². The quantitative estimate of drug-likeness (QED) is 0.100. The van der Waals surface area contributed by atoms with Crippen molar-refractivity contribution in [2.45, 2.75) is 44.3 Å². The van der Waals surface area contributed by atoms with Crippen LogP contribution in [0.1, 0.15) is 17.6 Å². The van der Waals surface area contributed by atoms with E-state index in [0.717, 1.165) is 5.69 Å². The number of nitrogens with zero attached hydrogens (tertiary/aromatic N) is 5. The monoisotopic (exact) mass is 702 g/mol. The minimum Gasteiger partial charge on any atom is -0.369 e. The molecule has 3 aromatic rings. The predicted molar refractivity (Wildman–Crippen MR) is 144 cm³/mol. The Morgan fingerprint density at radius 1 is 1.16 bits per heavy atom. The van der Waals surface area contributed by atoms with Gasteiger partial charge in [-0.05, 0) is 13.0 Å². The number of imidazole rings is 1. The standard InChI is InChI=1S/C18H25N8O14P3S/c1-7-3-8(24-25(7)2)4-20-14(27)17-37-11-9(5-35-42(31,32)40-43(33,34)39-41(28,29)30)36-16(12(11)38-17)26-6-21-10-13(26)22-18(19)23-15(10)44/h3,6,9,11-12,16-17H,4-5H2,1-2H3,(H,20,27)(H,31,32)(H,33,34)(H2,28,29,30)(H3,19,22,23,44)/t9?,11?,12?,16?,17-/m1/s1. The van der Waals surface area contributed by atoms with Gasteiger partial charge in [0.05, 0.1) is 25.2 Å². The fraction of sp³-hybridized carbons (Fsp3) is 0.500. The van der Waals surface area contributed by atoms with E-state index in [1.807, 2.05) is 6.92 Å². The van der Waals surface area contributed by atoms with Crippen LogP contribution in [0.25, 0.3) is 11.2 Å². The number of carbonyl (C=O) groups is 1. The van der Waals surface area contributed by atoms with Crippen LogP contribution in [0.15, 0.2) is 12.4 Å². The topological polar surface area (TPSA) is 307 Å². The molecule has 0 radical (unpaired) electrons. The molecule has 22 nitrogen and oxygen atoms in total. The van der Waals surface area contributed by atoms with Crippen molar-refractivity contribution in [1.29, 1.82) is 0 Å². The number of phosphoric ester groups is 1. The van der Waals surface area contributed by atoms with E-state index in [9.17, 15) is 28.3 Å². The van der Waals surface area contributed by atoms with Crippen LogP contribution in [0.5, 0.6) is 0 Å². The van der Waals surface area contributed by atoms with E-state index in [2.05, 4.69) is 34.0 Å². The van der Waals surface area contributed by atoms with Gasteiger partial charge in [0.1, 0.15) is 28.5 Å². The van der Waals surface area contributed by atoms with Gasteiger partial charge in [0.25, 0.3) is 5.91 Å². The highest BCUT2D eigenvalue weighted by Crippen LogP contribution is 2.66. The predicted octanol–water partition coefficient (Wildman–Crippen LogP) is -0.220. The summed E-state index contributed by atoms with van der Waals surface area (Å²) in [5.74, 6) is -0.734. The molecule has 26 heteroatoms. The summed E-state index contributed by atoms with van der Waals surface area (Å²) in [4.78, 5) is 60.8. The van der Waals surface area contributed by atoms with Gasteiger partial charge in [-0.2, -0.15) is 18.7 Å². The normalized spacial score (nSPS) is 26.4. The molecule has 0 spiro atoms. The maximum Gasteiger partial charge on any atom is 0.490 e. The second-order valence-corrected chi connectivity index (χ2v) is 14.2. The summed E-state index contributed by atoms with van der Waals surface area (Å²) in [5.41, 5.74) is 7.62. The minimum atomic E-state index is -5.77. The summed E-state index contributed by atoms with van der Waals surface area (Å²) in [7, 11) is -15.1. The Morgan fingerprint density at radius 3 is 2.52 bits per heavy atom. The molecule has 5 rings (SSSR count). The number of hydrogen-bond acceptors (Lipinski definition) is 15. The molecule has 0 aromatic carbocycles. The number of phosphoric acid groups is 3. The summed E-state index contributed by atoms with van der Waals surface area (Å²) >= 11 is 5.23. The third kappa shape index (κ3) is 7.33. The zero-order chi connectivity index (χ0) is 32.2. The maximum atomic E-state index is 13.0. The summed E-state index contributed by atoms with van der Waals surface area (Å²) in [5, 5.41) is 6.89. The number of H-pyrrole nitrogens is 1. The number of nitrogens with one attached hydrogen (secondary N) is 2. The van der Waals surface area contributed by atoms with Crippen molar-refractivity contribution >= 4 is 58.7 Å². The lowest BCUT2D eigenvalue weighted by molar-refractivity contribution is -0.171. The lowest BCUT2D eigenvalue weighted by atomic mass is 10.1. The van der Waals surface area contributed by atoms with Crippen LogP contribution in [0.3, 0.4) is 0 Å². The van der Waals surface area contributed by atoms with Crippen molar-refractivity contribution in [1.82, 2.24) is 34.6 Å². The summed E-state index contributed by atoms with van der Waals surface area (Å²) in [6, 6.07) is 1.77. The van der Waals surface area contributed by atoms with E-state index in [1.54, 1.807) is 17.8 Å². The average molecular weight is 702 g/mol. The smallest absolute Gasteiger partial charge is 0.369 e. The molecule has 2 aliphatic heterocycles. The summed E-state index contributed by atoms with van der Waals surface area (Å²) < 4.78 is 67.9. The van der Waals surface area contributed by atoms with E-state index >= 15 is 0 Å². The molecular formula is C18H25N8O14P3S. The van der Waals surface area contributed by atoms with Crippen LogP contribution < -0.4 is 11.1 Å². The van der Waals surface area contributed by atoms with Crippen molar-refractivity contribution in [2.75, 3.05) is 12.3 Å². The SMILES string of the molecule is Cc1cc(CNC(=O)[C@@H]2OC3C(COP(=O)(O)OP(=O)(O)OP(=O)(O)O)OC(n4cnc5c(=S)[nH]c(N)nc54)C3O2)nn1C. The van der Waals surface area contributed by atoms with Crippen LogP contribution in [-0.4, -0.2) is 86.0 Å². The van der Waals surface area contributed by atoms with E-state index in [1.165, 1.54) is 10.9 Å². The van der Waals surface area contributed by atoms with Gasteiger partial charge in [-0.25, -0.2) is 18.7 Å². The fourth-order valence-corrected chi connectivity index (χ4v) is 7.68. The first-order valence-corrected chi connectivity index (χ1v) is 17.1. The van der Waals surface area contributed by atoms with Crippen LogP contribution >= 0.6 is 35.7 Å². The minimum absolute atomic E-state index is 0.0436. The molecule has 242 valence electrons. The van der Waals surface area contributed by atoms with Crippen LogP contribution in [0.4, 0.5) is 5.95 Å². The number of nitrogens with two attached hydrogens (primary N) is 1. The Labute approximate surface area is 250 Å². The summed E-state index contributed by atoms with van der Waals surface area (Å²) in [6.07, 6.45) is -4.90. The number of carbonyl (C=O) groups excluding carboxylic acids is 1. The number of fused-ring (bicyclic) bond motifs is 2. The van der Waals surface area contributed by atoms with Crippen LogP contribution in [0, 0.1) is 11.6 Å². The lowest BCUT2D eigenvalue weighted by Gasteiger charge is -2.22. The molecule has 6 unspecified atom stereocenters. The van der Waals surface area contributed by atoms with Gasteiger partial charge in [0.2, 0.25) is 12.2 Å². The van der Waals surface area contributed by atoms with Gasteiger partial charge in [-0.1, -0.05) is 12.2 Å². The zero-order valence-corrected chi connectivity index (χ0v) is 25.9. The van der Waals surface area contributed by atoms with E-state index in [0.29, 0.717) is 5.69 Å². The Kier molecular flexibility index (Phi) is 9.01. The number of aromatic nitrogens is 6.